The summed E-state index contributed by atoms with van der Waals surface area (Å²) in [5.74, 6) is -0.808. The van der Waals surface area contributed by atoms with Gasteiger partial charge in [0.2, 0.25) is 0 Å². The molecule has 0 amide bonds. The third-order valence-electron chi connectivity index (χ3n) is 5.39. The maximum Gasteiger partial charge on any atom is 0.336 e. The van der Waals surface area contributed by atoms with E-state index >= 15 is 0 Å². The molecule has 3 heterocycles. The summed E-state index contributed by atoms with van der Waals surface area (Å²) in [6.07, 6.45) is 1.34. The standard InChI is InChI=1S/C23H16O6/c1-11-3-5-17-15(7-11)22(26)16(10-27-17)14-9-20(25)28-18-6-4-13-12(2)8-19(24)29-23(13)21(14)18/h3-8,10,14H,9H2,1-2H3/t14-/m1/s1. The van der Waals surface area contributed by atoms with E-state index in [1.807, 2.05) is 19.9 Å². The summed E-state index contributed by atoms with van der Waals surface area (Å²) in [6, 6.07) is 10.2. The zero-order chi connectivity index (χ0) is 20.3. The summed E-state index contributed by atoms with van der Waals surface area (Å²) in [5.41, 5.74) is 2.61. The molecule has 0 saturated heterocycles. The Labute approximate surface area is 164 Å². The molecule has 0 fully saturated rings. The molecular formula is C23H16O6. The van der Waals surface area contributed by atoms with Crippen LogP contribution in [0.1, 0.15) is 34.6 Å². The predicted molar refractivity (Wildman–Crippen MR) is 107 cm³/mol. The Bertz CT molecular complexity index is 1440. The van der Waals surface area contributed by atoms with Gasteiger partial charge in [0.05, 0.1) is 18.1 Å². The lowest BCUT2D eigenvalue weighted by molar-refractivity contribution is -0.135. The van der Waals surface area contributed by atoms with E-state index in [0.717, 1.165) is 16.5 Å². The van der Waals surface area contributed by atoms with Crippen molar-refractivity contribution in [2.24, 2.45) is 0 Å². The Morgan fingerprint density at radius 3 is 2.62 bits per heavy atom. The second-order valence-corrected chi connectivity index (χ2v) is 7.35. The summed E-state index contributed by atoms with van der Waals surface area (Å²) in [7, 11) is 0. The number of carbonyl (C=O) groups is 1. The first-order valence-electron chi connectivity index (χ1n) is 9.22. The second kappa shape index (κ2) is 6.17. The van der Waals surface area contributed by atoms with Crippen molar-refractivity contribution in [3.8, 4) is 5.75 Å². The molecule has 6 nitrogen and oxygen atoms in total. The highest BCUT2D eigenvalue weighted by molar-refractivity contribution is 5.90. The van der Waals surface area contributed by atoms with Crippen LogP contribution in [0.5, 0.6) is 5.75 Å². The second-order valence-electron chi connectivity index (χ2n) is 7.35. The number of esters is 1. The predicted octanol–water partition coefficient (Wildman–Crippen LogP) is 3.96. The average Bonchev–Trinajstić information content (AvgIpc) is 2.67. The maximum absolute atomic E-state index is 13.3. The van der Waals surface area contributed by atoms with Gasteiger partial charge in [-0.15, -0.1) is 0 Å². The summed E-state index contributed by atoms with van der Waals surface area (Å²) >= 11 is 0. The summed E-state index contributed by atoms with van der Waals surface area (Å²) < 4.78 is 16.6. The van der Waals surface area contributed by atoms with E-state index in [2.05, 4.69) is 0 Å². The van der Waals surface area contributed by atoms with Gasteiger partial charge in [-0.1, -0.05) is 11.6 Å². The Morgan fingerprint density at radius 1 is 0.966 bits per heavy atom. The molecule has 2 aromatic heterocycles. The van der Waals surface area contributed by atoms with Crippen LogP contribution in [0.2, 0.25) is 0 Å². The van der Waals surface area contributed by atoms with Gasteiger partial charge < -0.3 is 13.6 Å². The summed E-state index contributed by atoms with van der Waals surface area (Å²) in [6.45, 7) is 3.70. The molecule has 1 atom stereocenters. The maximum atomic E-state index is 13.3. The molecule has 0 unspecified atom stereocenters. The van der Waals surface area contributed by atoms with Gasteiger partial charge in [-0.3, -0.25) is 9.59 Å². The van der Waals surface area contributed by atoms with Crippen LogP contribution < -0.4 is 15.8 Å². The zero-order valence-electron chi connectivity index (χ0n) is 15.8. The molecule has 6 heteroatoms. The Kier molecular flexibility index (Phi) is 3.71. The van der Waals surface area contributed by atoms with Crippen LogP contribution in [0, 0.1) is 13.8 Å². The molecule has 144 valence electrons. The third kappa shape index (κ3) is 2.68. The molecule has 0 spiro atoms. The average molecular weight is 388 g/mol. The van der Waals surface area contributed by atoms with Gasteiger partial charge in [0, 0.05) is 28.5 Å². The largest absolute Gasteiger partial charge is 0.464 e. The molecule has 4 aromatic rings. The van der Waals surface area contributed by atoms with E-state index in [-0.39, 0.29) is 17.6 Å². The first kappa shape index (κ1) is 17.4. The van der Waals surface area contributed by atoms with E-state index in [1.165, 1.54) is 12.3 Å². The molecule has 1 aliphatic heterocycles. The van der Waals surface area contributed by atoms with E-state index in [0.29, 0.717) is 27.7 Å². The van der Waals surface area contributed by atoms with Crippen LogP contribution in [0.25, 0.3) is 21.9 Å². The number of hydrogen-bond acceptors (Lipinski definition) is 6. The number of carbonyl (C=O) groups excluding carboxylic acids is 1. The van der Waals surface area contributed by atoms with Gasteiger partial charge in [-0.2, -0.15) is 0 Å². The number of benzene rings is 2. The quantitative estimate of drug-likeness (QED) is 0.279. The van der Waals surface area contributed by atoms with Crippen LogP contribution in [0.3, 0.4) is 0 Å². The van der Waals surface area contributed by atoms with Gasteiger partial charge >= 0.3 is 11.6 Å². The lowest BCUT2D eigenvalue weighted by atomic mass is 9.85. The number of rotatable bonds is 1. The van der Waals surface area contributed by atoms with Gasteiger partial charge in [0.25, 0.3) is 0 Å². The minimum atomic E-state index is -0.638. The minimum absolute atomic E-state index is 0.0498. The number of aryl methyl sites for hydroxylation is 2. The third-order valence-corrected chi connectivity index (χ3v) is 5.39. The molecule has 29 heavy (non-hydrogen) atoms. The molecule has 0 N–H and O–H groups in total. The van der Waals surface area contributed by atoms with Crippen molar-refractivity contribution in [2.45, 2.75) is 26.2 Å². The molecule has 0 saturated carbocycles. The smallest absolute Gasteiger partial charge is 0.336 e. The lowest BCUT2D eigenvalue weighted by Gasteiger charge is -2.25. The fourth-order valence-electron chi connectivity index (χ4n) is 4.00. The molecule has 2 aromatic carbocycles. The van der Waals surface area contributed by atoms with Crippen molar-refractivity contribution in [1.82, 2.24) is 0 Å². The number of hydrogen-bond donors (Lipinski definition) is 0. The normalized spacial score (nSPS) is 16.1. The Balaban J connectivity index is 1.85. The lowest BCUT2D eigenvalue weighted by Crippen LogP contribution is -2.25. The summed E-state index contributed by atoms with van der Waals surface area (Å²) in [5, 5.41) is 1.17. The van der Waals surface area contributed by atoms with Crippen LogP contribution in [0.15, 0.2) is 61.1 Å². The van der Waals surface area contributed by atoms with Gasteiger partial charge in [0.15, 0.2) is 5.43 Å². The number of fused-ring (bicyclic) bond motifs is 4. The highest BCUT2D eigenvalue weighted by atomic mass is 16.5. The van der Waals surface area contributed by atoms with Crippen molar-refractivity contribution in [1.29, 1.82) is 0 Å². The van der Waals surface area contributed by atoms with Crippen molar-refractivity contribution >= 4 is 27.9 Å². The van der Waals surface area contributed by atoms with Gasteiger partial charge in [0.1, 0.15) is 16.9 Å². The summed E-state index contributed by atoms with van der Waals surface area (Å²) in [4.78, 5) is 37.5. The van der Waals surface area contributed by atoms with Crippen molar-refractivity contribution in [3.05, 3.63) is 85.6 Å². The van der Waals surface area contributed by atoms with E-state index in [4.69, 9.17) is 13.6 Å². The monoisotopic (exact) mass is 388 g/mol. The fraction of sp³-hybridized carbons (Fsp3) is 0.174. The molecule has 0 radical (unpaired) electrons. The molecule has 0 aliphatic carbocycles. The van der Waals surface area contributed by atoms with E-state index in [9.17, 15) is 14.4 Å². The van der Waals surface area contributed by atoms with Crippen molar-refractivity contribution in [2.75, 3.05) is 0 Å². The van der Waals surface area contributed by atoms with Crippen LogP contribution in [-0.4, -0.2) is 5.97 Å². The fourth-order valence-corrected chi connectivity index (χ4v) is 4.00. The first-order chi connectivity index (χ1) is 13.9. The van der Waals surface area contributed by atoms with E-state index < -0.39 is 17.5 Å². The topological polar surface area (TPSA) is 86.7 Å². The van der Waals surface area contributed by atoms with Gasteiger partial charge in [-0.25, -0.2) is 4.79 Å². The minimum Gasteiger partial charge on any atom is -0.464 e. The van der Waals surface area contributed by atoms with Gasteiger partial charge in [-0.05, 0) is 43.7 Å². The van der Waals surface area contributed by atoms with E-state index in [1.54, 1.807) is 24.3 Å². The number of ether oxygens (including phenoxy) is 1. The molecular weight excluding hydrogens is 372 g/mol. The van der Waals surface area contributed by atoms with Crippen LogP contribution in [0.4, 0.5) is 0 Å². The van der Waals surface area contributed by atoms with Crippen LogP contribution >= 0.6 is 0 Å². The first-order valence-corrected chi connectivity index (χ1v) is 9.22. The Morgan fingerprint density at radius 2 is 1.79 bits per heavy atom. The highest BCUT2D eigenvalue weighted by Crippen LogP contribution is 2.42. The van der Waals surface area contributed by atoms with Crippen LogP contribution in [-0.2, 0) is 4.79 Å². The zero-order valence-corrected chi connectivity index (χ0v) is 15.8. The molecule has 0 bridgehead atoms. The SMILES string of the molecule is Cc1ccc2occ([C@H]3CC(=O)Oc4ccc5c(C)cc(=O)oc5c43)c(=O)c2c1. The molecule has 5 rings (SSSR count). The van der Waals surface area contributed by atoms with Crippen molar-refractivity contribution in [3.63, 3.8) is 0 Å². The highest BCUT2D eigenvalue weighted by Gasteiger charge is 2.34. The molecule has 1 aliphatic rings. The Hall–Kier alpha value is -3.67. The van der Waals surface area contributed by atoms with Crippen molar-refractivity contribution < 1.29 is 18.4 Å².